The van der Waals surface area contributed by atoms with Crippen molar-refractivity contribution in [1.82, 2.24) is 19.5 Å². The molecule has 1 atom stereocenters. The van der Waals surface area contributed by atoms with Gasteiger partial charge in [0.15, 0.2) is 11.7 Å². The molecular formula is C27H30F3N5O3S. The van der Waals surface area contributed by atoms with Gasteiger partial charge < -0.3 is 9.80 Å². The van der Waals surface area contributed by atoms with Gasteiger partial charge >= 0.3 is 6.18 Å². The molecule has 0 bridgehead atoms. The topological polar surface area (TPSA) is 87.9 Å². The Morgan fingerprint density at radius 3 is 2.44 bits per heavy atom. The first-order valence-corrected chi connectivity index (χ1v) is 14.9. The molecule has 12 heteroatoms. The lowest BCUT2D eigenvalue weighted by molar-refractivity contribution is -0.190. The molecule has 2 aliphatic heterocycles. The standard InChI is InChI=1S/C27H30F3N5O3S/c1-17-13-23-31-15-22-21(35(23)32-17)14-26(9-10-26)16-34(22)20-5-3-18(4-6-20)24(27(28,29)30)33(2)25(36)19-7-11-39(37,38)12-8-19/h3-6,13,15,19,24H,7-12,14,16H2,1-2H3/t24-/m0/s1. The summed E-state index contributed by atoms with van der Waals surface area (Å²) in [5.74, 6) is -1.78. The Kier molecular flexibility index (Phi) is 5.98. The number of benzene rings is 1. The fourth-order valence-electron chi connectivity index (χ4n) is 6.07. The van der Waals surface area contributed by atoms with Crippen LogP contribution in [0.25, 0.3) is 5.65 Å². The average molecular weight is 562 g/mol. The van der Waals surface area contributed by atoms with Crippen molar-refractivity contribution in [3.05, 3.63) is 53.5 Å². The number of sulfone groups is 1. The van der Waals surface area contributed by atoms with E-state index in [2.05, 4.69) is 15.0 Å². The Bertz CT molecular complexity index is 1530. The Labute approximate surface area is 224 Å². The molecule has 1 aromatic carbocycles. The van der Waals surface area contributed by atoms with E-state index in [4.69, 9.17) is 0 Å². The molecule has 8 nitrogen and oxygen atoms in total. The highest BCUT2D eigenvalue weighted by atomic mass is 32.2. The van der Waals surface area contributed by atoms with E-state index in [9.17, 15) is 26.4 Å². The third-order valence-corrected chi connectivity index (χ3v) is 10.2. The Balaban J connectivity index is 1.30. The van der Waals surface area contributed by atoms with Crippen molar-refractivity contribution in [1.29, 1.82) is 0 Å². The summed E-state index contributed by atoms with van der Waals surface area (Å²) < 4.78 is 68.2. The molecule has 0 radical (unpaired) electrons. The summed E-state index contributed by atoms with van der Waals surface area (Å²) in [6, 6.07) is 6.00. The fourth-order valence-corrected chi connectivity index (χ4v) is 7.56. The number of hydrogen-bond acceptors (Lipinski definition) is 6. The second-order valence-electron chi connectivity index (χ2n) is 11.3. The number of halogens is 3. The molecule has 6 rings (SSSR count). The van der Waals surface area contributed by atoms with E-state index in [-0.39, 0.29) is 35.3 Å². The molecule has 1 aliphatic carbocycles. The summed E-state index contributed by atoms with van der Waals surface area (Å²) in [5.41, 5.74) is 4.42. The SMILES string of the molecule is Cc1cc2ncc3c(n2n1)CC1(CC1)CN3c1ccc([C@H](N(C)C(=O)C2CCS(=O)(=O)CC2)C(F)(F)F)cc1. The zero-order valence-corrected chi connectivity index (χ0v) is 22.6. The lowest BCUT2D eigenvalue weighted by Crippen LogP contribution is -2.44. The van der Waals surface area contributed by atoms with E-state index in [0.29, 0.717) is 0 Å². The van der Waals surface area contributed by atoms with Gasteiger partial charge in [0.05, 0.1) is 34.8 Å². The molecule has 0 unspecified atom stereocenters. The summed E-state index contributed by atoms with van der Waals surface area (Å²) in [7, 11) is -2.08. The van der Waals surface area contributed by atoms with Crippen molar-refractivity contribution in [2.45, 2.75) is 51.2 Å². The molecule has 2 fully saturated rings. The minimum Gasteiger partial charge on any atom is -0.338 e. The van der Waals surface area contributed by atoms with Gasteiger partial charge in [-0.1, -0.05) is 12.1 Å². The van der Waals surface area contributed by atoms with Crippen LogP contribution in [0, 0.1) is 18.3 Å². The van der Waals surface area contributed by atoms with Gasteiger partial charge in [-0.3, -0.25) is 4.79 Å². The summed E-state index contributed by atoms with van der Waals surface area (Å²) in [4.78, 5) is 20.4. The summed E-state index contributed by atoms with van der Waals surface area (Å²) >= 11 is 0. The number of rotatable bonds is 4. The maximum Gasteiger partial charge on any atom is 0.413 e. The molecule has 2 aromatic heterocycles. The van der Waals surface area contributed by atoms with Crippen molar-refractivity contribution in [3.63, 3.8) is 0 Å². The molecule has 208 valence electrons. The quantitative estimate of drug-likeness (QED) is 0.469. The van der Waals surface area contributed by atoms with Gasteiger partial charge in [-0.25, -0.2) is 17.9 Å². The molecule has 1 saturated carbocycles. The highest BCUT2D eigenvalue weighted by Crippen LogP contribution is 2.54. The maximum absolute atomic E-state index is 14.3. The molecule has 1 amide bonds. The number of aryl methyl sites for hydroxylation is 1. The van der Waals surface area contributed by atoms with Crippen LogP contribution in [0.1, 0.15) is 48.7 Å². The highest BCUT2D eigenvalue weighted by molar-refractivity contribution is 7.91. The van der Waals surface area contributed by atoms with Gasteiger partial charge in [0, 0.05) is 31.3 Å². The number of alkyl halides is 3. The van der Waals surface area contributed by atoms with Crippen molar-refractivity contribution in [2.24, 2.45) is 11.3 Å². The first-order chi connectivity index (χ1) is 18.4. The number of carbonyl (C=O) groups excluding carboxylic acids is 1. The number of anilines is 2. The van der Waals surface area contributed by atoms with Crippen LogP contribution >= 0.6 is 0 Å². The number of aromatic nitrogens is 3. The van der Waals surface area contributed by atoms with Crippen LogP contribution in [0.15, 0.2) is 36.5 Å². The zero-order valence-electron chi connectivity index (χ0n) is 21.8. The molecule has 1 saturated heterocycles. The number of nitrogens with zero attached hydrogens (tertiary/aromatic N) is 5. The second kappa shape index (κ2) is 8.94. The Morgan fingerprint density at radius 1 is 1.15 bits per heavy atom. The minimum absolute atomic E-state index is 0.0415. The first kappa shape index (κ1) is 26.1. The second-order valence-corrected chi connectivity index (χ2v) is 13.6. The zero-order chi connectivity index (χ0) is 27.7. The van der Waals surface area contributed by atoms with Gasteiger partial charge in [0.2, 0.25) is 5.91 Å². The Hall–Kier alpha value is -3.15. The van der Waals surface area contributed by atoms with Crippen LogP contribution in [0.3, 0.4) is 0 Å². The van der Waals surface area contributed by atoms with Crippen molar-refractivity contribution < 1.29 is 26.4 Å². The molecule has 3 aliphatic rings. The van der Waals surface area contributed by atoms with E-state index in [1.165, 1.54) is 12.1 Å². The van der Waals surface area contributed by atoms with Crippen molar-refractivity contribution in [2.75, 3.05) is 30.0 Å². The first-order valence-electron chi connectivity index (χ1n) is 13.1. The highest BCUT2D eigenvalue weighted by Gasteiger charge is 2.49. The molecule has 39 heavy (non-hydrogen) atoms. The van der Waals surface area contributed by atoms with E-state index >= 15 is 0 Å². The lowest BCUT2D eigenvalue weighted by Gasteiger charge is -2.37. The van der Waals surface area contributed by atoms with Crippen LogP contribution in [-0.4, -0.2) is 65.1 Å². The number of amides is 1. The third kappa shape index (κ3) is 4.76. The van der Waals surface area contributed by atoms with E-state index in [0.717, 1.165) is 66.2 Å². The monoisotopic (exact) mass is 561 g/mol. The molecular weight excluding hydrogens is 531 g/mol. The van der Waals surface area contributed by atoms with Gasteiger partial charge in [0.25, 0.3) is 0 Å². The smallest absolute Gasteiger partial charge is 0.338 e. The van der Waals surface area contributed by atoms with Crippen LogP contribution in [0.4, 0.5) is 24.5 Å². The summed E-state index contributed by atoms with van der Waals surface area (Å²) in [6.45, 7) is 2.67. The predicted octanol–water partition coefficient (Wildman–Crippen LogP) is 4.40. The van der Waals surface area contributed by atoms with Crippen LogP contribution in [0.5, 0.6) is 0 Å². The number of fused-ring (bicyclic) bond motifs is 3. The lowest BCUT2D eigenvalue weighted by atomic mass is 9.93. The van der Waals surface area contributed by atoms with Crippen molar-refractivity contribution in [3.8, 4) is 0 Å². The summed E-state index contributed by atoms with van der Waals surface area (Å²) in [6.07, 6.45) is 0.237. The van der Waals surface area contributed by atoms with E-state index in [1.54, 1.807) is 12.1 Å². The van der Waals surface area contributed by atoms with E-state index in [1.807, 2.05) is 23.7 Å². The van der Waals surface area contributed by atoms with Gasteiger partial charge in [-0.2, -0.15) is 18.3 Å². The van der Waals surface area contributed by atoms with Gasteiger partial charge in [-0.05, 0) is 62.1 Å². The predicted molar refractivity (Wildman–Crippen MR) is 139 cm³/mol. The largest absolute Gasteiger partial charge is 0.413 e. The average Bonchev–Trinajstić information content (AvgIpc) is 3.50. The number of hydrogen-bond donors (Lipinski definition) is 0. The van der Waals surface area contributed by atoms with Crippen LogP contribution < -0.4 is 4.90 Å². The molecule has 1 spiro atoms. The fraction of sp³-hybridized carbons (Fsp3) is 0.519. The molecule has 3 aromatic rings. The normalized spacial score (nSPS) is 21.1. The van der Waals surface area contributed by atoms with Crippen LogP contribution in [0.2, 0.25) is 0 Å². The van der Waals surface area contributed by atoms with Gasteiger partial charge in [0.1, 0.15) is 9.84 Å². The third-order valence-electron chi connectivity index (χ3n) is 8.44. The van der Waals surface area contributed by atoms with Crippen LogP contribution in [-0.2, 0) is 21.1 Å². The summed E-state index contributed by atoms with van der Waals surface area (Å²) in [5, 5.41) is 4.63. The van der Waals surface area contributed by atoms with E-state index < -0.39 is 33.9 Å². The maximum atomic E-state index is 14.3. The molecule has 0 N–H and O–H groups in total. The molecule has 4 heterocycles. The Morgan fingerprint density at radius 2 is 1.82 bits per heavy atom. The number of carbonyl (C=O) groups is 1. The minimum atomic E-state index is -4.70. The van der Waals surface area contributed by atoms with Gasteiger partial charge in [-0.15, -0.1) is 0 Å². The van der Waals surface area contributed by atoms with Crippen molar-refractivity contribution >= 4 is 32.8 Å².